The van der Waals surface area contributed by atoms with Gasteiger partial charge in [-0.1, -0.05) is 12.1 Å². The zero-order valence-corrected chi connectivity index (χ0v) is 15.3. The van der Waals surface area contributed by atoms with Crippen molar-refractivity contribution in [2.24, 2.45) is 0 Å². The van der Waals surface area contributed by atoms with E-state index in [1.54, 1.807) is 7.11 Å². The Morgan fingerprint density at radius 2 is 2.20 bits per heavy atom. The molecule has 0 amide bonds. The standard InChI is InChI=1S/C19H27N5O/c1-23(2)19-20-10-9-18(22-19)21-16-7-5-11-24(14-16)13-15-6-4-8-17(12-15)25-3/h4,6,8-10,12,16H,5,7,11,13-14H2,1-3H3,(H,20,21,22). The highest BCUT2D eigenvalue weighted by molar-refractivity contribution is 5.41. The molecule has 0 spiro atoms. The van der Waals surface area contributed by atoms with E-state index in [1.165, 1.54) is 12.0 Å². The number of anilines is 2. The summed E-state index contributed by atoms with van der Waals surface area (Å²) in [6.45, 7) is 3.09. The van der Waals surface area contributed by atoms with Crippen LogP contribution < -0.4 is 15.0 Å². The molecule has 0 aliphatic carbocycles. The molecule has 1 N–H and O–H groups in total. The van der Waals surface area contributed by atoms with Crippen LogP contribution in [0.4, 0.5) is 11.8 Å². The van der Waals surface area contributed by atoms with E-state index < -0.39 is 0 Å². The number of aromatic nitrogens is 2. The molecule has 3 rings (SSSR count). The molecule has 25 heavy (non-hydrogen) atoms. The van der Waals surface area contributed by atoms with E-state index in [4.69, 9.17) is 4.74 Å². The van der Waals surface area contributed by atoms with Crippen molar-refractivity contribution >= 4 is 11.8 Å². The summed E-state index contributed by atoms with van der Waals surface area (Å²) in [5.41, 5.74) is 1.29. The highest BCUT2D eigenvalue weighted by Gasteiger charge is 2.20. The molecular weight excluding hydrogens is 314 g/mol. The lowest BCUT2D eigenvalue weighted by Gasteiger charge is -2.33. The minimum atomic E-state index is 0.407. The fourth-order valence-electron chi connectivity index (χ4n) is 3.20. The van der Waals surface area contributed by atoms with Crippen molar-refractivity contribution in [2.45, 2.75) is 25.4 Å². The van der Waals surface area contributed by atoms with Gasteiger partial charge in [0, 0.05) is 39.4 Å². The molecule has 0 bridgehead atoms. The van der Waals surface area contributed by atoms with Crippen molar-refractivity contribution in [2.75, 3.05) is 44.5 Å². The van der Waals surface area contributed by atoms with Crippen LogP contribution in [0.15, 0.2) is 36.5 Å². The third-order valence-corrected chi connectivity index (χ3v) is 4.44. The summed E-state index contributed by atoms with van der Waals surface area (Å²) in [5.74, 6) is 2.54. The Kier molecular flexibility index (Phi) is 5.71. The van der Waals surface area contributed by atoms with Crippen LogP contribution >= 0.6 is 0 Å². The maximum atomic E-state index is 5.33. The van der Waals surface area contributed by atoms with Crippen molar-refractivity contribution in [1.82, 2.24) is 14.9 Å². The van der Waals surface area contributed by atoms with E-state index >= 15 is 0 Å². The van der Waals surface area contributed by atoms with E-state index in [2.05, 4.69) is 38.4 Å². The Hall–Kier alpha value is -2.34. The van der Waals surface area contributed by atoms with Gasteiger partial charge in [-0.25, -0.2) is 4.98 Å². The van der Waals surface area contributed by atoms with Crippen molar-refractivity contribution in [3.8, 4) is 5.75 Å². The van der Waals surface area contributed by atoms with E-state index in [0.717, 1.165) is 43.6 Å². The molecule has 0 saturated carbocycles. The highest BCUT2D eigenvalue weighted by Crippen LogP contribution is 2.19. The van der Waals surface area contributed by atoms with Crippen molar-refractivity contribution < 1.29 is 4.74 Å². The molecule has 1 atom stereocenters. The number of ether oxygens (including phenoxy) is 1. The Morgan fingerprint density at radius 3 is 3.00 bits per heavy atom. The van der Waals surface area contributed by atoms with Gasteiger partial charge in [-0.2, -0.15) is 4.98 Å². The number of likely N-dealkylation sites (tertiary alicyclic amines) is 1. The van der Waals surface area contributed by atoms with Crippen molar-refractivity contribution in [1.29, 1.82) is 0 Å². The third-order valence-electron chi connectivity index (χ3n) is 4.44. The SMILES string of the molecule is COc1cccc(CN2CCCC(Nc3ccnc(N(C)C)n3)C2)c1. The number of hydrogen-bond acceptors (Lipinski definition) is 6. The van der Waals surface area contributed by atoms with Crippen molar-refractivity contribution in [3.05, 3.63) is 42.1 Å². The summed E-state index contributed by atoms with van der Waals surface area (Å²) in [7, 11) is 5.62. The van der Waals surface area contributed by atoms with Gasteiger partial charge in [-0.3, -0.25) is 4.90 Å². The Bertz CT molecular complexity index is 691. The van der Waals surface area contributed by atoms with Crippen LogP contribution in [0.3, 0.4) is 0 Å². The first-order valence-corrected chi connectivity index (χ1v) is 8.76. The lowest BCUT2D eigenvalue weighted by Crippen LogP contribution is -2.41. The average molecular weight is 341 g/mol. The van der Waals surface area contributed by atoms with Crippen LogP contribution in [-0.2, 0) is 6.54 Å². The molecule has 1 saturated heterocycles. The quantitative estimate of drug-likeness (QED) is 0.872. The summed E-state index contributed by atoms with van der Waals surface area (Å²) in [5, 5.41) is 3.57. The number of methoxy groups -OCH3 is 1. The van der Waals surface area contributed by atoms with E-state index in [-0.39, 0.29) is 0 Å². The lowest BCUT2D eigenvalue weighted by molar-refractivity contribution is 0.208. The second-order valence-corrected chi connectivity index (χ2v) is 6.71. The Balaban J connectivity index is 1.60. The topological polar surface area (TPSA) is 53.5 Å². The number of benzene rings is 1. The van der Waals surface area contributed by atoms with Gasteiger partial charge in [-0.05, 0) is 43.1 Å². The lowest BCUT2D eigenvalue weighted by atomic mass is 10.0. The first-order valence-electron chi connectivity index (χ1n) is 8.76. The summed E-state index contributed by atoms with van der Waals surface area (Å²) >= 11 is 0. The minimum Gasteiger partial charge on any atom is -0.497 e. The molecule has 1 aliphatic heterocycles. The normalized spacial score (nSPS) is 18.0. The highest BCUT2D eigenvalue weighted by atomic mass is 16.5. The fourth-order valence-corrected chi connectivity index (χ4v) is 3.20. The van der Waals surface area contributed by atoms with Gasteiger partial charge in [-0.15, -0.1) is 0 Å². The van der Waals surface area contributed by atoms with Gasteiger partial charge in [0.1, 0.15) is 11.6 Å². The molecule has 0 radical (unpaired) electrons. The molecule has 1 unspecified atom stereocenters. The molecule has 2 aromatic rings. The smallest absolute Gasteiger partial charge is 0.226 e. The molecule has 1 fully saturated rings. The molecule has 1 aromatic heterocycles. The van der Waals surface area contributed by atoms with Gasteiger partial charge < -0.3 is 15.0 Å². The summed E-state index contributed by atoms with van der Waals surface area (Å²) in [6, 6.07) is 10.7. The number of nitrogens with zero attached hydrogens (tertiary/aromatic N) is 4. The van der Waals surface area contributed by atoms with Gasteiger partial charge in [0.25, 0.3) is 0 Å². The van der Waals surface area contributed by atoms with Gasteiger partial charge in [0.05, 0.1) is 7.11 Å². The molecule has 6 nitrogen and oxygen atoms in total. The Morgan fingerprint density at radius 1 is 1.32 bits per heavy atom. The second-order valence-electron chi connectivity index (χ2n) is 6.71. The number of nitrogens with one attached hydrogen (secondary N) is 1. The molecule has 6 heteroatoms. The van der Waals surface area contributed by atoms with Gasteiger partial charge >= 0.3 is 0 Å². The molecule has 1 aliphatic rings. The maximum absolute atomic E-state index is 5.33. The van der Waals surface area contributed by atoms with E-state index in [1.807, 2.05) is 37.3 Å². The van der Waals surface area contributed by atoms with E-state index in [9.17, 15) is 0 Å². The molecule has 134 valence electrons. The van der Waals surface area contributed by atoms with Crippen LogP contribution in [0.1, 0.15) is 18.4 Å². The second kappa shape index (κ2) is 8.16. The van der Waals surface area contributed by atoms with Crippen LogP contribution in [0.2, 0.25) is 0 Å². The maximum Gasteiger partial charge on any atom is 0.226 e. The predicted octanol–water partition coefficient (Wildman–Crippen LogP) is 2.63. The monoisotopic (exact) mass is 341 g/mol. The summed E-state index contributed by atoms with van der Waals surface area (Å²) in [6.07, 6.45) is 4.16. The molecule has 2 heterocycles. The summed E-state index contributed by atoms with van der Waals surface area (Å²) < 4.78 is 5.33. The number of rotatable bonds is 6. The third kappa shape index (κ3) is 4.82. The average Bonchev–Trinajstić information content (AvgIpc) is 2.62. The van der Waals surface area contributed by atoms with Gasteiger partial charge in [0.15, 0.2) is 0 Å². The number of hydrogen-bond donors (Lipinski definition) is 1. The van der Waals surface area contributed by atoms with Crippen LogP contribution in [0.25, 0.3) is 0 Å². The van der Waals surface area contributed by atoms with E-state index in [0.29, 0.717) is 6.04 Å². The largest absolute Gasteiger partial charge is 0.497 e. The minimum absolute atomic E-state index is 0.407. The molecule has 1 aromatic carbocycles. The molecular formula is C19H27N5O. The zero-order valence-electron chi connectivity index (χ0n) is 15.3. The van der Waals surface area contributed by atoms with Gasteiger partial charge in [0.2, 0.25) is 5.95 Å². The van der Waals surface area contributed by atoms with Crippen LogP contribution in [-0.4, -0.2) is 55.2 Å². The van der Waals surface area contributed by atoms with Crippen LogP contribution in [0.5, 0.6) is 5.75 Å². The van der Waals surface area contributed by atoms with Crippen molar-refractivity contribution in [3.63, 3.8) is 0 Å². The van der Waals surface area contributed by atoms with Crippen LogP contribution in [0, 0.1) is 0 Å². The predicted molar refractivity (Wildman–Crippen MR) is 101 cm³/mol. The zero-order chi connectivity index (χ0) is 17.6. The summed E-state index contributed by atoms with van der Waals surface area (Å²) in [4.78, 5) is 13.2. The first kappa shape index (κ1) is 17.5. The fraction of sp³-hybridized carbons (Fsp3) is 0.474. The Labute approximate surface area is 149 Å². The number of piperidine rings is 1. The first-order chi connectivity index (χ1) is 12.1.